The van der Waals surface area contributed by atoms with Crippen LogP contribution in [0, 0.1) is 6.92 Å². The van der Waals surface area contributed by atoms with Crippen molar-refractivity contribution in [2.45, 2.75) is 45.3 Å². The molecule has 2 N–H and O–H groups in total. The van der Waals surface area contributed by atoms with E-state index in [9.17, 15) is 14.7 Å². The molecule has 2 aromatic carbocycles. The summed E-state index contributed by atoms with van der Waals surface area (Å²) >= 11 is 11.9. The van der Waals surface area contributed by atoms with Crippen LogP contribution in [0.1, 0.15) is 42.9 Å². The first kappa shape index (κ1) is 26.8. The number of nitrogens with zero attached hydrogens (tertiary/aromatic N) is 1. The number of rotatable bonds is 12. The first-order valence-electron chi connectivity index (χ1n) is 10.9. The zero-order chi connectivity index (χ0) is 24.4. The van der Waals surface area contributed by atoms with Crippen molar-refractivity contribution in [1.29, 1.82) is 0 Å². The minimum absolute atomic E-state index is 0.102. The predicted molar refractivity (Wildman–Crippen MR) is 134 cm³/mol. The van der Waals surface area contributed by atoms with Gasteiger partial charge in [0.15, 0.2) is 0 Å². The van der Waals surface area contributed by atoms with Gasteiger partial charge in [0.1, 0.15) is 6.61 Å². The smallest absolute Gasteiger partial charge is 0.407 e. The molecular formula is C25H32Cl2N2O4. The summed E-state index contributed by atoms with van der Waals surface area (Å²) in [5, 5.41) is 12.4. The third kappa shape index (κ3) is 7.83. The Hall–Kier alpha value is -2.44. The number of hydrogen-bond acceptors (Lipinski definition) is 4. The van der Waals surface area contributed by atoms with Crippen LogP contribution in [0.5, 0.6) is 0 Å². The summed E-state index contributed by atoms with van der Waals surface area (Å²) in [6.45, 7) is 7.00. The number of carboxylic acid groups (broad SMARTS) is 1. The van der Waals surface area contributed by atoms with Gasteiger partial charge in [-0.3, -0.25) is 4.79 Å². The highest BCUT2D eigenvalue weighted by molar-refractivity contribution is 6.18. The maximum atomic E-state index is 12.6. The van der Waals surface area contributed by atoms with Gasteiger partial charge in [0.2, 0.25) is 0 Å². The quantitative estimate of drug-likeness (QED) is 0.378. The molecule has 0 aromatic heterocycles. The molecule has 0 saturated heterocycles. The van der Waals surface area contributed by atoms with Crippen molar-refractivity contribution in [3.63, 3.8) is 0 Å². The molecule has 0 bridgehead atoms. The number of alkyl halides is 2. The number of carboxylic acids is 1. The fourth-order valence-electron chi connectivity index (χ4n) is 3.82. The highest BCUT2D eigenvalue weighted by Gasteiger charge is 2.37. The predicted octanol–water partition coefficient (Wildman–Crippen LogP) is 5.54. The Labute approximate surface area is 205 Å². The lowest BCUT2D eigenvalue weighted by Crippen LogP contribution is -2.51. The first-order valence-corrected chi connectivity index (χ1v) is 11.9. The molecule has 0 aliphatic heterocycles. The molecule has 8 heteroatoms. The maximum absolute atomic E-state index is 12.6. The van der Waals surface area contributed by atoms with E-state index >= 15 is 0 Å². The van der Waals surface area contributed by atoms with E-state index in [4.69, 9.17) is 27.9 Å². The van der Waals surface area contributed by atoms with E-state index < -0.39 is 17.6 Å². The van der Waals surface area contributed by atoms with Gasteiger partial charge in [-0.1, -0.05) is 43.3 Å². The van der Waals surface area contributed by atoms with Crippen LogP contribution in [-0.2, 0) is 16.1 Å². The van der Waals surface area contributed by atoms with Crippen molar-refractivity contribution in [2.75, 3.05) is 29.7 Å². The fraction of sp³-hybridized carbons (Fsp3) is 0.440. The largest absolute Gasteiger partial charge is 0.481 e. The Bertz CT molecular complexity index is 920. The van der Waals surface area contributed by atoms with E-state index in [1.807, 2.05) is 62.4 Å². The molecule has 2 atom stereocenters. The van der Waals surface area contributed by atoms with Gasteiger partial charge < -0.3 is 20.1 Å². The van der Waals surface area contributed by atoms with Gasteiger partial charge in [-0.2, -0.15) is 0 Å². The number of ether oxygens (including phenoxy) is 1. The Morgan fingerprint density at radius 2 is 1.76 bits per heavy atom. The topological polar surface area (TPSA) is 78.9 Å². The third-order valence-corrected chi connectivity index (χ3v) is 6.22. The summed E-state index contributed by atoms with van der Waals surface area (Å²) in [5.41, 5.74) is 2.66. The molecule has 6 nitrogen and oxygen atoms in total. The zero-order valence-electron chi connectivity index (χ0n) is 19.3. The summed E-state index contributed by atoms with van der Waals surface area (Å²) in [6, 6.07) is 15.3. The lowest BCUT2D eigenvalue weighted by atomic mass is 9.78. The number of carbonyl (C=O) groups is 2. The molecule has 33 heavy (non-hydrogen) atoms. The number of aliphatic carboxylic acids is 1. The third-order valence-electron chi connectivity index (χ3n) is 5.88. The zero-order valence-corrected chi connectivity index (χ0v) is 20.8. The molecule has 0 aliphatic rings. The monoisotopic (exact) mass is 494 g/mol. The Morgan fingerprint density at radius 1 is 1.12 bits per heavy atom. The Morgan fingerprint density at radius 3 is 2.33 bits per heavy atom. The van der Waals surface area contributed by atoms with Crippen LogP contribution in [0.4, 0.5) is 10.5 Å². The second-order valence-electron chi connectivity index (χ2n) is 8.30. The number of nitrogens with one attached hydrogen (secondary N) is 1. The number of anilines is 1. The average Bonchev–Trinajstić information content (AvgIpc) is 2.77. The normalized spacial score (nSPS) is 13.6. The van der Waals surface area contributed by atoms with Crippen LogP contribution in [-0.4, -0.2) is 47.6 Å². The number of alkyl carbamates (subject to hydrolysis) is 1. The fourth-order valence-corrected chi connectivity index (χ4v) is 4.23. The van der Waals surface area contributed by atoms with E-state index in [1.165, 1.54) is 0 Å². The van der Waals surface area contributed by atoms with E-state index in [-0.39, 0.29) is 18.9 Å². The van der Waals surface area contributed by atoms with E-state index in [2.05, 4.69) is 10.2 Å². The lowest BCUT2D eigenvalue weighted by Gasteiger charge is -2.36. The van der Waals surface area contributed by atoms with Crippen LogP contribution in [0.3, 0.4) is 0 Å². The summed E-state index contributed by atoms with van der Waals surface area (Å²) in [4.78, 5) is 26.4. The number of benzene rings is 2. The van der Waals surface area contributed by atoms with Crippen LogP contribution in [0.25, 0.3) is 0 Å². The Balaban J connectivity index is 2.27. The highest BCUT2D eigenvalue weighted by Crippen LogP contribution is 2.35. The van der Waals surface area contributed by atoms with E-state index in [1.54, 1.807) is 6.92 Å². The van der Waals surface area contributed by atoms with Crippen molar-refractivity contribution in [2.24, 2.45) is 0 Å². The molecule has 180 valence electrons. The molecule has 2 aromatic rings. The molecule has 1 unspecified atom stereocenters. The summed E-state index contributed by atoms with van der Waals surface area (Å²) in [6.07, 6.45) is -0.917. The van der Waals surface area contributed by atoms with Gasteiger partial charge in [-0.05, 0) is 42.7 Å². The molecule has 0 fully saturated rings. The van der Waals surface area contributed by atoms with E-state index in [0.29, 0.717) is 24.8 Å². The van der Waals surface area contributed by atoms with Gasteiger partial charge in [-0.25, -0.2) is 4.79 Å². The highest BCUT2D eigenvalue weighted by atomic mass is 35.5. The van der Waals surface area contributed by atoms with Gasteiger partial charge in [-0.15, -0.1) is 23.2 Å². The molecule has 0 heterocycles. The second-order valence-corrected chi connectivity index (χ2v) is 9.06. The van der Waals surface area contributed by atoms with Gasteiger partial charge in [0, 0.05) is 36.5 Å². The number of carbonyl (C=O) groups excluding carboxylic acids is 1. The summed E-state index contributed by atoms with van der Waals surface area (Å²) < 4.78 is 5.37. The minimum atomic E-state index is -1.08. The molecular weight excluding hydrogens is 463 g/mol. The molecule has 0 saturated carbocycles. The minimum Gasteiger partial charge on any atom is -0.481 e. The van der Waals surface area contributed by atoms with Crippen molar-refractivity contribution < 1.29 is 19.4 Å². The Kier molecular flexibility index (Phi) is 10.3. The van der Waals surface area contributed by atoms with Crippen molar-refractivity contribution in [1.82, 2.24) is 5.32 Å². The SMILES string of the molecule is Cc1ccc(N(CCCl)CCCl)cc1C(C)[C@](C)(CC(=O)O)NC(=O)OCc1ccccc1. The number of aryl methyl sites for hydroxylation is 1. The van der Waals surface area contributed by atoms with Crippen molar-refractivity contribution in [3.8, 4) is 0 Å². The molecule has 0 spiro atoms. The standard InChI is InChI=1S/C25H32Cl2N2O4/c1-18-9-10-21(29(13-11-26)14-12-27)15-22(18)19(2)25(3,16-23(30)31)28-24(32)33-17-20-7-5-4-6-8-20/h4-10,15,19H,11-14,16-17H2,1-3H3,(H,28,32)(H,30,31)/t19?,25-/m0/s1. The summed E-state index contributed by atoms with van der Waals surface area (Å²) in [5.74, 6) is -0.401. The van der Waals surface area contributed by atoms with Crippen molar-refractivity contribution in [3.05, 3.63) is 65.2 Å². The maximum Gasteiger partial charge on any atom is 0.407 e. The van der Waals surface area contributed by atoms with Gasteiger partial charge in [0.25, 0.3) is 0 Å². The lowest BCUT2D eigenvalue weighted by molar-refractivity contribution is -0.138. The van der Waals surface area contributed by atoms with Crippen LogP contribution in [0.15, 0.2) is 48.5 Å². The van der Waals surface area contributed by atoms with Crippen LogP contribution < -0.4 is 10.2 Å². The molecule has 0 aliphatic carbocycles. The van der Waals surface area contributed by atoms with Gasteiger partial charge >= 0.3 is 12.1 Å². The average molecular weight is 495 g/mol. The summed E-state index contributed by atoms with van der Waals surface area (Å²) in [7, 11) is 0. The second kappa shape index (κ2) is 12.7. The molecule has 2 rings (SSSR count). The molecule has 1 amide bonds. The molecule has 0 radical (unpaired) electrons. The van der Waals surface area contributed by atoms with Crippen LogP contribution in [0.2, 0.25) is 0 Å². The number of hydrogen-bond donors (Lipinski definition) is 2. The first-order chi connectivity index (χ1) is 15.7. The van der Waals surface area contributed by atoms with Crippen molar-refractivity contribution >= 4 is 41.0 Å². The van der Waals surface area contributed by atoms with Gasteiger partial charge in [0.05, 0.1) is 12.0 Å². The number of amides is 1. The van der Waals surface area contributed by atoms with E-state index in [0.717, 1.165) is 22.4 Å². The number of halogens is 2. The van der Waals surface area contributed by atoms with Crippen LogP contribution >= 0.6 is 23.2 Å².